The standard InChI is InChI=1S/C15H19ClO4/c1-18-6-7-19-4-3-14(17)10-12-9-13(16)8-11-2-5-20-15(11)12/h8-9H,2-7,10H2,1H3. The number of hydrogen-bond donors (Lipinski definition) is 0. The zero-order valence-electron chi connectivity index (χ0n) is 11.6. The summed E-state index contributed by atoms with van der Waals surface area (Å²) in [5.41, 5.74) is 1.98. The van der Waals surface area contributed by atoms with Crippen molar-refractivity contribution in [3.8, 4) is 5.75 Å². The monoisotopic (exact) mass is 298 g/mol. The van der Waals surface area contributed by atoms with E-state index in [9.17, 15) is 4.79 Å². The zero-order valence-corrected chi connectivity index (χ0v) is 12.4. The molecule has 0 saturated carbocycles. The maximum atomic E-state index is 11.9. The Kier molecular flexibility index (Phi) is 5.83. The number of methoxy groups -OCH3 is 1. The third-order valence-electron chi connectivity index (χ3n) is 3.17. The molecule has 0 fully saturated rings. The molecule has 20 heavy (non-hydrogen) atoms. The van der Waals surface area contributed by atoms with Crippen molar-refractivity contribution in [3.05, 3.63) is 28.3 Å². The quantitative estimate of drug-likeness (QED) is 0.692. The molecule has 0 amide bonds. The van der Waals surface area contributed by atoms with E-state index in [0.29, 0.717) is 44.3 Å². The maximum absolute atomic E-state index is 11.9. The number of ketones is 1. The Labute approximate surface area is 124 Å². The van der Waals surface area contributed by atoms with E-state index in [4.69, 9.17) is 25.8 Å². The second-order valence-corrected chi connectivity index (χ2v) is 5.16. The number of ether oxygens (including phenoxy) is 3. The summed E-state index contributed by atoms with van der Waals surface area (Å²) in [4.78, 5) is 11.9. The van der Waals surface area contributed by atoms with E-state index in [0.717, 1.165) is 23.3 Å². The third kappa shape index (κ3) is 4.20. The summed E-state index contributed by atoms with van der Waals surface area (Å²) in [5.74, 6) is 0.963. The highest BCUT2D eigenvalue weighted by atomic mass is 35.5. The first kappa shape index (κ1) is 15.3. The molecule has 0 unspecified atom stereocenters. The van der Waals surface area contributed by atoms with Crippen LogP contribution in [-0.2, 0) is 27.1 Å². The topological polar surface area (TPSA) is 44.8 Å². The lowest BCUT2D eigenvalue weighted by molar-refractivity contribution is -0.119. The molecule has 1 aromatic rings. The van der Waals surface area contributed by atoms with Crippen LogP contribution in [0.15, 0.2) is 12.1 Å². The second kappa shape index (κ2) is 7.62. The summed E-state index contributed by atoms with van der Waals surface area (Å²) in [6.45, 7) is 2.14. The number of carbonyl (C=O) groups is 1. The lowest BCUT2D eigenvalue weighted by Gasteiger charge is -2.08. The van der Waals surface area contributed by atoms with Gasteiger partial charge in [0, 0.05) is 37.0 Å². The minimum absolute atomic E-state index is 0.127. The van der Waals surface area contributed by atoms with Crippen molar-refractivity contribution in [1.29, 1.82) is 0 Å². The molecule has 4 nitrogen and oxygen atoms in total. The smallest absolute Gasteiger partial charge is 0.139 e. The van der Waals surface area contributed by atoms with Gasteiger partial charge in [0.05, 0.1) is 26.4 Å². The molecule has 0 radical (unpaired) electrons. The van der Waals surface area contributed by atoms with Crippen LogP contribution in [0.4, 0.5) is 0 Å². The van der Waals surface area contributed by atoms with Gasteiger partial charge in [-0.1, -0.05) is 11.6 Å². The van der Waals surface area contributed by atoms with Crippen molar-refractivity contribution in [2.45, 2.75) is 19.3 Å². The molecule has 5 heteroatoms. The Morgan fingerprint density at radius 2 is 2.20 bits per heavy atom. The normalized spacial score (nSPS) is 13.1. The Morgan fingerprint density at radius 1 is 1.35 bits per heavy atom. The number of rotatable bonds is 8. The Hall–Kier alpha value is -1.10. The predicted octanol–water partition coefficient (Wildman–Crippen LogP) is 2.44. The summed E-state index contributed by atoms with van der Waals surface area (Å²) in [6.07, 6.45) is 1.60. The molecule has 110 valence electrons. The van der Waals surface area contributed by atoms with Gasteiger partial charge >= 0.3 is 0 Å². The molecule has 1 aliphatic rings. The molecular weight excluding hydrogens is 280 g/mol. The van der Waals surface area contributed by atoms with Crippen LogP contribution in [0.2, 0.25) is 5.02 Å². The number of Topliss-reactive ketones (excluding diaryl/α,β-unsaturated/α-hetero) is 1. The van der Waals surface area contributed by atoms with E-state index in [1.807, 2.05) is 12.1 Å². The van der Waals surface area contributed by atoms with E-state index < -0.39 is 0 Å². The molecule has 1 heterocycles. The van der Waals surface area contributed by atoms with Crippen molar-refractivity contribution in [2.75, 3.05) is 33.5 Å². The highest BCUT2D eigenvalue weighted by molar-refractivity contribution is 6.30. The summed E-state index contributed by atoms with van der Waals surface area (Å²) in [5, 5.41) is 0.661. The fraction of sp³-hybridized carbons (Fsp3) is 0.533. The number of hydrogen-bond acceptors (Lipinski definition) is 4. The van der Waals surface area contributed by atoms with Crippen molar-refractivity contribution >= 4 is 17.4 Å². The van der Waals surface area contributed by atoms with Crippen LogP contribution in [-0.4, -0.2) is 39.3 Å². The molecule has 0 spiro atoms. The van der Waals surface area contributed by atoms with Gasteiger partial charge in [0.2, 0.25) is 0 Å². The first-order valence-electron chi connectivity index (χ1n) is 6.73. The van der Waals surface area contributed by atoms with Gasteiger partial charge in [-0.3, -0.25) is 4.79 Å². The number of carbonyl (C=O) groups excluding carboxylic acids is 1. The van der Waals surface area contributed by atoms with E-state index in [1.165, 1.54) is 0 Å². The predicted molar refractivity (Wildman–Crippen MR) is 76.7 cm³/mol. The molecule has 0 aliphatic carbocycles. The summed E-state index contributed by atoms with van der Waals surface area (Å²) in [7, 11) is 1.62. The Morgan fingerprint density at radius 3 is 3.00 bits per heavy atom. The molecule has 0 bridgehead atoms. The first-order chi connectivity index (χ1) is 9.70. The average Bonchev–Trinajstić information content (AvgIpc) is 2.86. The fourth-order valence-electron chi connectivity index (χ4n) is 2.21. The van der Waals surface area contributed by atoms with E-state index in [1.54, 1.807) is 7.11 Å². The Balaban J connectivity index is 1.85. The van der Waals surface area contributed by atoms with Gasteiger partial charge in [-0.05, 0) is 17.7 Å². The largest absolute Gasteiger partial charge is 0.493 e. The summed E-state index contributed by atoms with van der Waals surface area (Å²) in [6, 6.07) is 3.72. The van der Waals surface area contributed by atoms with Crippen LogP contribution in [0.25, 0.3) is 0 Å². The Bertz CT molecular complexity index is 473. The minimum Gasteiger partial charge on any atom is -0.493 e. The number of halogens is 1. The van der Waals surface area contributed by atoms with Crippen LogP contribution in [0, 0.1) is 0 Å². The summed E-state index contributed by atoms with van der Waals surface area (Å²) >= 11 is 6.07. The third-order valence-corrected chi connectivity index (χ3v) is 3.39. The lowest BCUT2D eigenvalue weighted by atomic mass is 10.0. The van der Waals surface area contributed by atoms with Crippen LogP contribution < -0.4 is 4.74 Å². The molecule has 0 N–H and O–H groups in total. The van der Waals surface area contributed by atoms with Gasteiger partial charge in [-0.25, -0.2) is 0 Å². The van der Waals surface area contributed by atoms with Gasteiger partial charge in [0.25, 0.3) is 0 Å². The van der Waals surface area contributed by atoms with Gasteiger partial charge < -0.3 is 14.2 Å². The van der Waals surface area contributed by atoms with Crippen molar-refractivity contribution in [2.24, 2.45) is 0 Å². The van der Waals surface area contributed by atoms with Crippen molar-refractivity contribution in [1.82, 2.24) is 0 Å². The highest BCUT2D eigenvalue weighted by Gasteiger charge is 2.19. The van der Waals surface area contributed by atoms with Crippen LogP contribution in [0.5, 0.6) is 5.75 Å². The highest BCUT2D eigenvalue weighted by Crippen LogP contribution is 2.33. The van der Waals surface area contributed by atoms with E-state index >= 15 is 0 Å². The minimum atomic E-state index is 0.127. The lowest BCUT2D eigenvalue weighted by Crippen LogP contribution is -2.10. The molecule has 1 aliphatic heterocycles. The van der Waals surface area contributed by atoms with E-state index in [-0.39, 0.29) is 5.78 Å². The molecule has 2 rings (SSSR count). The van der Waals surface area contributed by atoms with Gasteiger partial charge in [0.1, 0.15) is 11.5 Å². The fourth-order valence-corrected chi connectivity index (χ4v) is 2.47. The van der Waals surface area contributed by atoms with Gasteiger partial charge in [-0.15, -0.1) is 0 Å². The van der Waals surface area contributed by atoms with Crippen LogP contribution in [0.1, 0.15) is 17.5 Å². The van der Waals surface area contributed by atoms with Gasteiger partial charge in [-0.2, -0.15) is 0 Å². The number of benzene rings is 1. The first-order valence-corrected chi connectivity index (χ1v) is 7.11. The maximum Gasteiger partial charge on any atom is 0.139 e. The molecule has 0 saturated heterocycles. The van der Waals surface area contributed by atoms with Crippen molar-refractivity contribution in [3.63, 3.8) is 0 Å². The molecule has 0 aromatic heterocycles. The zero-order chi connectivity index (χ0) is 14.4. The van der Waals surface area contributed by atoms with Gasteiger partial charge in [0.15, 0.2) is 0 Å². The number of fused-ring (bicyclic) bond motifs is 1. The van der Waals surface area contributed by atoms with Crippen LogP contribution >= 0.6 is 11.6 Å². The van der Waals surface area contributed by atoms with Crippen molar-refractivity contribution < 1.29 is 19.0 Å². The summed E-state index contributed by atoms with van der Waals surface area (Å²) < 4.78 is 15.7. The SMILES string of the molecule is COCCOCCC(=O)Cc1cc(Cl)cc2c1OCC2. The van der Waals surface area contributed by atoms with Crippen LogP contribution in [0.3, 0.4) is 0 Å². The molecular formula is C15H19ClO4. The van der Waals surface area contributed by atoms with E-state index in [2.05, 4.69) is 0 Å². The molecule has 0 atom stereocenters. The second-order valence-electron chi connectivity index (χ2n) is 4.72. The molecule has 1 aromatic carbocycles. The average molecular weight is 299 g/mol.